The summed E-state index contributed by atoms with van der Waals surface area (Å²) in [5.41, 5.74) is 1.81. The largest absolute Gasteiger partial charge is 0.478 e. The number of hydrogen-bond donors (Lipinski definition) is 1. The van der Waals surface area contributed by atoms with Gasteiger partial charge in [-0.15, -0.1) is 0 Å². The van der Waals surface area contributed by atoms with Crippen molar-refractivity contribution in [2.75, 3.05) is 18.7 Å². The van der Waals surface area contributed by atoms with E-state index in [0.29, 0.717) is 11.3 Å². The molecule has 0 spiro atoms. The van der Waals surface area contributed by atoms with Crippen molar-refractivity contribution in [3.8, 4) is 0 Å². The molecular formula is C25H23N3O6. The number of hydrazine groups is 1. The predicted octanol–water partition coefficient (Wildman–Crippen LogP) is 3.27. The van der Waals surface area contributed by atoms with Gasteiger partial charge in [0.2, 0.25) is 0 Å². The van der Waals surface area contributed by atoms with Gasteiger partial charge in [0.15, 0.2) is 0 Å². The molecule has 1 aromatic heterocycles. The molecule has 1 aliphatic heterocycles. The highest BCUT2D eigenvalue weighted by atomic mass is 16.5. The Hall–Kier alpha value is -4.40. The van der Waals surface area contributed by atoms with Gasteiger partial charge in [-0.05, 0) is 50.3 Å². The van der Waals surface area contributed by atoms with E-state index < -0.39 is 29.8 Å². The van der Waals surface area contributed by atoms with Crippen LogP contribution in [0.3, 0.4) is 0 Å². The molecule has 1 fully saturated rings. The van der Waals surface area contributed by atoms with Crippen LogP contribution in [0.25, 0.3) is 17.0 Å². The van der Waals surface area contributed by atoms with Crippen LogP contribution >= 0.6 is 0 Å². The molecule has 9 heteroatoms. The van der Waals surface area contributed by atoms with E-state index in [4.69, 9.17) is 9.84 Å². The summed E-state index contributed by atoms with van der Waals surface area (Å²) in [5.74, 6) is -2.48. The number of para-hydroxylation sites is 1. The average molecular weight is 461 g/mol. The van der Waals surface area contributed by atoms with E-state index >= 15 is 0 Å². The number of carbonyl (C=O) groups is 4. The van der Waals surface area contributed by atoms with Gasteiger partial charge in [0.05, 0.1) is 18.4 Å². The van der Waals surface area contributed by atoms with E-state index in [2.05, 4.69) is 0 Å². The van der Waals surface area contributed by atoms with E-state index in [0.717, 1.165) is 10.9 Å². The average Bonchev–Trinajstić information content (AvgIpc) is 3.33. The molecule has 1 aliphatic rings. The van der Waals surface area contributed by atoms with Crippen LogP contribution in [0, 0.1) is 0 Å². The summed E-state index contributed by atoms with van der Waals surface area (Å²) in [6.07, 6.45) is 3.25. The molecule has 0 radical (unpaired) electrons. The number of ether oxygens (including phenoxy) is 1. The molecule has 1 saturated heterocycles. The minimum absolute atomic E-state index is 0.0298. The SMILES string of the molecule is CCN1C(=O)/C(=C/c2cn(C(C)C(=O)OC)c3ccccc23)C(=O)N1c1ccc(C(=O)O)cc1. The second-order valence-electron chi connectivity index (χ2n) is 7.76. The number of fused-ring (bicyclic) bond motifs is 1. The maximum Gasteiger partial charge on any atom is 0.335 e. The van der Waals surface area contributed by atoms with E-state index in [-0.39, 0.29) is 17.7 Å². The first-order valence-electron chi connectivity index (χ1n) is 10.7. The van der Waals surface area contributed by atoms with Gasteiger partial charge >= 0.3 is 11.9 Å². The highest BCUT2D eigenvalue weighted by Crippen LogP contribution is 2.31. The molecule has 0 saturated carbocycles. The van der Waals surface area contributed by atoms with Crippen molar-refractivity contribution in [1.29, 1.82) is 0 Å². The molecule has 1 unspecified atom stereocenters. The Bertz CT molecular complexity index is 1340. The zero-order valence-corrected chi connectivity index (χ0v) is 18.9. The molecule has 1 atom stereocenters. The minimum atomic E-state index is -1.08. The van der Waals surface area contributed by atoms with Gasteiger partial charge in [0.25, 0.3) is 11.8 Å². The topological polar surface area (TPSA) is 109 Å². The lowest BCUT2D eigenvalue weighted by atomic mass is 10.1. The summed E-state index contributed by atoms with van der Waals surface area (Å²) < 4.78 is 6.62. The quantitative estimate of drug-likeness (QED) is 0.343. The number of nitrogens with zero attached hydrogens (tertiary/aromatic N) is 3. The van der Waals surface area contributed by atoms with Crippen LogP contribution in [0.15, 0.2) is 60.3 Å². The third kappa shape index (κ3) is 3.71. The number of rotatable bonds is 6. The molecule has 0 aliphatic carbocycles. The normalized spacial score (nSPS) is 15.9. The zero-order chi connectivity index (χ0) is 24.6. The molecule has 2 heterocycles. The maximum atomic E-state index is 13.3. The van der Waals surface area contributed by atoms with Crippen LogP contribution in [-0.2, 0) is 19.1 Å². The number of carboxylic acids is 1. The maximum absolute atomic E-state index is 13.3. The fraction of sp³-hybridized carbons (Fsp3) is 0.200. The van der Waals surface area contributed by atoms with Gasteiger partial charge in [-0.1, -0.05) is 18.2 Å². The summed E-state index contributed by atoms with van der Waals surface area (Å²) in [4.78, 5) is 49.8. The molecule has 0 bridgehead atoms. The van der Waals surface area contributed by atoms with Gasteiger partial charge in [0.1, 0.15) is 11.6 Å². The number of aromatic nitrogens is 1. The number of aromatic carboxylic acids is 1. The first-order valence-corrected chi connectivity index (χ1v) is 10.7. The van der Waals surface area contributed by atoms with Gasteiger partial charge in [-0.3, -0.25) is 9.59 Å². The Morgan fingerprint density at radius 1 is 1.06 bits per heavy atom. The van der Waals surface area contributed by atoms with Gasteiger partial charge in [-0.2, -0.15) is 0 Å². The second-order valence-corrected chi connectivity index (χ2v) is 7.76. The van der Waals surface area contributed by atoms with Crippen LogP contribution < -0.4 is 5.01 Å². The predicted molar refractivity (Wildman–Crippen MR) is 125 cm³/mol. The zero-order valence-electron chi connectivity index (χ0n) is 18.9. The lowest BCUT2D eigenvalue weighted by Crippen LogP contribution is -2.40. The minimum Gasteiger partial charge on any atom is -0.478 e. The van der Waals surface area contributed by atoms with Crippen molar-refractivity contribution in [2.45, 2.75) is 19.9 Å². The third-order valence-electron chi connectivity index (χ3n) is 5.82. The molecule has 34 heavy (non-hydrogen) atoms. The Balaban J connectivity index is 1.79. The monoisotopic (exact) mass is 461 g/mol. The fourth-order valence-electron chi connectivity index (χ4n) is 4.06. The Morgan fingerprint density at radius 3 is 2.35 bits per heavy atom. The number of anilines is 1. The molecule has 1 N–H and O–H groups in total. The number of esters is 1. The standard InChI is InChI=1S/C25H23N3O6/c1-4-27-22(29)20(23(30)28(27)18-11-9-16(10-12-18)24(31)32)13-17-14-26(15(2)25(33)34-3)21-8-6-5-7-19(17)21/h5-15H,4H2,1-3H3,(H,31,32)/b20-13-. The number of benzene rings is 2. The summed E-state index contributed by atoms with van der Waals surface area (Å²) in [7, 11) is 1.32. The first-order chi connectivity index (χ1) is 16.3. The summed E-state index contributed by atoms with van der Waals surface area (Å²) in [6, 6.07) is 12.5. The van der Waals surface area contributed by atoms with Crippen LogP contribution in [0.5, 0.6) is 0 Å². The Labute approximate surface area is 195 Å². The third-order valence-corrected chi connectivity index (χ3v) is 5.82. The van der Waals surface area contributed by atoms with E-state index in [9.17, 15) is 19.2 Å². The second kappa shape index (κ2) is 8.86. The molecule has 9 nitrogen and oxygen atoms in total. The molecule has 2 aromatic carbocycles. The van der Waals surface area contributed by atoms with E-state index in [1.165, 1.54) is 47.5 Å². The van der Waals surface area contributed by atoms with Gasteiger partial charge < -0.3 is 14.4 Å². The van der Waals surface area contributed by atoms with Crippen LogP contribution in [0.1, 0.15) is 35.8 Å². The summed E-state index contributed by atoms with van der Waals surface area (Å²) in [5, 5.41) is 12.5. The highest BCUT2D eigenvalue weighted by molar-refractivity contribution is 6.32. The van der Waals surface area contributed by atoms with Crippen molar-refractivity contribution in [3.63, 3.8) is 0 Å². The number of likely N-dealkylation sites (N-methyl/N-ethyl adjacent to an activating group) is 1. The van der Waals surface area contributed by atoms with Crippen LogP contribution in [0.2, 0.25) is 0 Å². The lowest BCUT2D eigenvalue weighted by Gasteiger charge is -2.26. The number of carbonyl (C=O) groups excluding carboxylic acids is 3. The van der Waals surface area contributed by atoms with E-state index in [1.54, 1.807) is 24.6 Å². The van der Waals surface area contributed by atoms with Crippen molar-refractivity contribution < 1.29 is 29.0 Å². The molecule has 174 valence electrons. The highest BCUT2D eigenvalue weighted by Gasteiger charge is 2.41. The Kier molecular flexibility index (Phi) is 5.93. The van der Waals surface area contributed by atoms with E-state index in [1.807, 2.05) is 24.3 Å². The van der Waals surface area contributed by atoms with Crippen LogP contribution in [-0.4, -0.2) is 52.1 Å². The van der Waals surface area contributed by atoms with Crippen molar-refractivity contribution in [1.82, 2.24) is 9.58 Å². The Morgan fingerprint density at radius 2 is 1.74 bits per heavy atom. The van der Waals surface area contributed by atoms with Crippen molar-refractivity contribution in [3.05, 3.63) is 71.4 Å². The smallest absolute Gasteiger partial charge is 0.335 e. The number of methoxy groups -OCH3 is 1. The van der Waals surface area contributed by atoms with Gasteiger partial charge in [0, 0.05) is 29.2 Å². The van der Waals surface area contributed by atoms with Crippen molar-refractivity contribution >= 4 is 46.4 Å². The fourth-order valence-corrected chi connectivity index (χ4v) is 4.06. The lowest BCUT2D eigenvalue weighted by molar-refractivity contribution is -0.143. The van der Waals surface area contributed by atoms with Gasteiger partial charge in [-0.25, -0.2) is 19.6 Å². The molecule has 2 amide bonds. The number of carboxylic acid groups (broad SMARTS) is 1. The first kappa shape index (κ1) is 22.8. The van der Waals surface area contributed by atoms with Crippen LogP contribution in [0.4, 0.5) is 5.69 Å². The van der Waals surface area contributed by atoms with Crippen molar-refractivity contribution in [2.24, 2.45) is 0 Å². The number of hydrogen-bond acceptors (Lipinski definition) is 5. The molecule has 3 aromatic rings. The molecular weight excluding hydrogens is 438 g/mol. The number of amides is 2. The molecule has 4 rings (SSSR count). The summed E-state index contributed by atoms with van der Waals surface area (Å²) >= 11 is 0. The summed E-state index contributed by atoms with van der Waals surface area (Å²) in [6.45, 7) is 3.70.